The molecule has 4 unspecified atom stereocenters. The highest BCUT2D eigenvalue weighted by Crippen LogP contribution is 2.40. The highest BCUT2D eigenvalue weighted by atomic mass is 16.5. The Morgan fingerprint density at radius 1 is 1.43 bits per heavy atom. The Labute approximate surface area is 85.2 Å². The Kier molecular flexibility index (Phi) is 2.52. The molecule has 2 aliphatic heterocycles. The summed E-state index contributed by atoms with van der Waals surface area (Å²) in [7, 11) is 0. The molecule has 0 aromatic carbocycles. The van der Waals surface area contributed by atoms with Crippen LogP contribution in [-0.4, -0.2) is 24.7 Å². The van der Waals surface area contributed by atoms with Gasteiger partial charge in [0.15, 0.2) is 0 Å². The summed E-state index contributed by atoms with van der Waals surface area (Å²) >= 11 is 0. The number of ether oxygens (including phenoxy) is 1. The first-order valence-electron chi connectivity index (χ1n) is 5.53. The summed E-state index contributed by atoms with van der Waals surface area (Å²) in [5, 5.41) is 3.33. The first-order chi connectivity index (χ1) is 6.59. The molecule has 4 atom stereocenters. The number of esters is 1. The van der Waals surface area contributed by atoms with E-state index in [-0.39, 0.29) is 18.0 Å². The predicted octanol–water partition coefficient (Wildman–Crippen LogP) is 1.18. The lowest BCUT2D eigenvalue weighted by Gasteiger charge is -2.33. The highest BCUT2D eigenvalue weighted by Gasteiger charge is 2.51. The number of carbonyl (C=O) groups excluding carboxylic acids is 1. The Morgan fingerprint density at radius 3 is 2.57 bits per heavy atom. The summed E-state index contributed by atoms with van der Waals surface area (Å²) < 4.78 is 5.42. The molecule has 2 heterocycles. The van der Waals surface area contributed by atoms with Gasteiger partial charge in [-0.1, -0.05) is 13.8 Å². The molecule has 0 aromatic heterocycles. The first-order valence-corrected chi connectivity index (χ1v) is 5.53. The molecule has 0 amide bonds. The Morgan fingerprint density at radius 2 is 2.14 bits per heavy atom. The maximum Gasteiger partial charge on any atom is 0.311 e. The average molecular weight is 197 g/mol. The van der Waals surface area contributed by atoms with Crippen molar-refractivity contribution >= 4 is 5.97 Å². The second-order valence-electron chi connectivity index (χ2n) is 4.92. The van der Waals surface area contributed by atoms with E-state index in [9.17, 15) is 4.79 Å². The van der Waals surface area contributed by atoms with Crippen molar-refractivity contribution in [3.8, 4) is 0 Å². The van der Waals surface area contributed by atoms with Crippen molar-refractivity contribution in [1.29, 1.82) is 0 Å². The third-order valence-electron chi connectivity index (χ3n) is 3.65. The van der Waals surface area contributed by atoms with Crippen LogP contribution in [0.25, 0.3) is 0 Å². The highest BCUT2D eigenvalue weighted by molar-refractivity contribution is 5.75. The summed E-state index contributed by atoms with van der Waals surface area (Å²) in [5.41, 5.74) is 0. The summed E-state index contributed by atoms with van der Waals surface area (Å²) in [6, 6.07) is 0.409. The fourth-order valence-electron chi connectivity index (χ4n) is 2.23. The quantitative estimate of drug-likeness (QED) is 0.690. The number of carbonyl (C=O) groups is 1. The second-order valence-corrected chi connectivity index (χ2v) is 4.92. The van der Waals surface area contributed by atoms with Gasteiger partial charge in [-0.3, -0.25) is 4.79 Å². The van der Waals surface area contributed by atoms with Crippen LogP contribution in [0.15, 0.2) is 0 Å². The van der Waals surface area contributed by atoms with Crippen LogP contribution in [0.5, 0.6) is 0 Å². The monoisotopic (exact) mass is 197 g/mol. The first kappa shape index (κ1) is 9.97. The third-order valence-corrected chi connectivity index (χ3v) is 3.65. The van der Waals surface area contributed by atoms with Crippen LogP contribution in [0.2, 0.25) is 0 Å². The number of nitrogens with one attached hydrogen (secondary N) is 1. The van der Waals surface area contributed by atoms with Crippen LogP contribution in [0, 0.1) is 17.8 Å². The van der Waals surface area contributed by atoms with E-state index in [0.29, 0.717) is 17.9 Å². The van der Waals surface area contributed by atoms with E-state index in [2.05, 4.69) is 19.2 Å². The Hall–Kier alpha value is -0.570. The maximum absolute atomic E-state index is 11.7. The molecule has 1 N–H and O–H groups in total. The predicted molar refractivity (Wildman–Crippen MR) is 53.8 cm³/mol. The average Bonchev–Trinajstić information content (AvgIpc) is 2.62. The molecule has 1 saturated carbocycles. The van der Waals surface area contributed by atoms with Crippen molar-refractivity contribution in [2.45, 2.75) is 39.3 Å². The number of fused-ring (bicyclic) bond motifs is 1. The van der Waals surface area contributed by atoms with E-state index >= 15 is 0 Å². The standard InChI is InChI=1S/C11H19NO2/c1-6(2)7(3)14-11(13)10-8-4-9(10)12-5-8/h6-10,12H,4-5H2,1-3H3. The van der Waals surface area contributed by atoms with Gasteiger partial charge in [0, 0.05) is 6.04 Å². The second kappa shape index (κ2) is 3.54. The molecule has 0 spiro atoms. The summed E-state index contributed by atoms with van der Waals surface area (Å²) in [6.07, 6.45) is 1.21. The molecule has 2 bridgehead atoms. The van der Waals surface area contributed by atoms with Gasteiger partial charge in [0.1, 0.15) is 6.10 Å². The van der Waals surface area contributed by atoms with Gasteiger partial charge >= 0.3 is 5.97 Å². The lowest BCUT2D eigenvalue weighted by molar-refractivity contribution is -0.160. The van der Waals surface area contributed by atoms with E-state index in [1.807, 2.05) is 6.92 Å². The molecule has 0 radical (unpaired) electrons. The zero-order valence-electron chi connectivity index (χ0n) is 9.12. The van der Waals surface area contributed by atoms with Crippen molar-refractivity contribution in [2.75, 3.05) is 6.54 Å². The van der Waals surface area contributed by atoms with Gasteiger partial charge in [-0.25, -0.2) is 0 Å². The van der Waals surface area contributed by atoms with Gasteiger partial charge in [0.05, 0.1) is 5.92 Å². The van der Waals surface area contributed by atoms with Crippen molar-refractivity contribution in [3.63, 3.8) is 0 Å². The van der Waals surface area contributed by atoms with Crippen LogP contribution in [0.4, 0.5) is 0 Å². The zero-order valence-corrected chi connectivity index (χ0v) is 9.12. The summed E-state index contributed by atoms with van der Waals surface area (Å²) in [5.74, 6) is 1.12. The summed E-state index contributed by atoms with van der Waals surface area (Å²) in [6.45, 7) is 7.12. The summed E-state index contributed by atoms with van der Waals surface area (Å²) in [4.78, 5) is 11.7. The smallest absolute Gasteiger partial charge is 0.311 e. The molecule has 3 fully saturated rings. The van der Waals surface area contributed by atoms with Crippen LogP contribution in [-0.2, 0) is 9.53 Å². The normalized spacial score (nSPS) is 36.7. The fraction of sp³-hybridized carbons (Fsp3) is 0.909. The van der Waals surface area contributed by atoms with Crippen molar-refractivity contribution in [1.82, 2.24) is 5.32 Å². The van der Waals surface area contributed by atoms with Crippen LogP contribution in [0.3, 0.4) is 0 Å². The minimum Gasteiger partial charge on any atom is -0.462 e. The lowest BCUT2D eigenvalue weighted by atomic mass is 9.74. The van der Waals surface area contributed by atoms with E-state index in [1.54, 1.807) is 0 Å². The zero-order chi connectivity index (χ0) is 10.3. The van der Waals surface area contributed by atoms with E-state index in [0.717, 1.165) is 13.0 Å². The van der Waals surface area contributed by atoms with Gasteiger partial charge in [-0.15, -0.1) is 0 Å². The largest absolute Gasteiger partial charge is 0.462 e. The van der Waals surface area contributed by atoms with Crippen molar-refractivity contribution in [2.24, 2.45) is 17.8 Å². The number of hydrogen-bond acceptors (Lipinski definition) is 3. The van der Waals surface area contributed by atoms with Gasteiger partial charge in [0.25, 0.3) is 0 Å². The Balaban J connectivity index is 1.85. The van der Waals surface area contributed by atoms with E-state index in [1.165, 1.54) is 0 Å². The van der Waals surface area contributed by atoms with Gasteiger partial charge in [-0.05, 0) is 31.7 Å². The van der Waals surface area contributed by atoms with Crippen molar-refractivity contribution in [3.05, 3.63) is 0 Å². The van der Waals surface area contributed by atoms with E-state index in [4.69, 9.17) is 4.74 Å². The SMILES string of the molecule is CC(C)C(C)OC(=O)C1C2CNC1C2. The third kappa shape index (κ3) is 1.54. The van der Waals surface area contributed by atoms with Gasteiger partial charge in [-0.2, -0.15) is 0 Å². The molecule has 3 aliphatic rings. The van der Waals surface area contributed by atoms with Gasteiger partial charge < -0.3 is 10.1 Å². The molecule has 3 heteroatoms. The minimum absolute atomic E-state index is 0.0115. The molecule has 3 rings (SSSR count). The Bertz CT molecular complexity index is 225. The number of rotatable bonds is 3. The number of hydrogen-bond donors (Lipinski definition) is 1. The minimum atomic E-state index is 0.0115. The van der Waals surface area contributed by atoms with Crippen LogP contribution in [0.1, 0.15) is 27.2 Å². The molecule has 3 nitrogen and oxygen atoms in total. The maximum atomic E-state index is 11.7. The van der Waals surface area contributed by atoms with Crippen LogP contribution < -0.4 is 5.32 Å². The molecular formula is C11H19NO2. The topological polar surface area (TPSA) is 38.3 Å². The molecule has 14 heavy (non-hydrogen) atoms. The molecule has 0 aromatic rings. The van der Waals surface area contributed by atoms with Crippen molar-refractivity contribution < 1.29 is 9.53 Å². The van der Waals surface area contributed by atoms with E-state index < -0.39 is 0 Å². The molecule has 2 saturated heterocycles. The lowest BCUT2D eigenvalue weighted by Crippen LogP contribution is -2.44. The molecule has 1 aliphatic carbocycles. The van der Waals surface area contributed by atoms with Crippen LogP contribution >= 0.6 is 0 Å². The molecule has 80 valence electrons. The van der Waals surface area contributed by atoms with Gasteiger partial charge in [0.2, 0.25) is 0 Å². The fourth-order valence-corrected chi connectivity index (χ4v) is 2.23. The molecular weight excluding hydrogens is 178 g/mol.